The molecule has 0 aromatic heterocycles. The molecule has 1 saturated heterocycles. The molecule has 1 N–H and O–H groups in total. The first-order valence-corrected chi connectivity index (χ1v) is 12.4. The third-order valence-electron chi connectivity index (χ3n) is 6.70. The number of carbonyl (C=O) groups excluding carboxylic acids is 2. The number of nitrogens with zero attached hydrogens (tertiary/aromatic N) is 2. The smallest absolute Gasteiger partial charge is 0.243 e. The topological polar surface area (TPSA) is 86.8 Å². The van der Waals surface area contributed by atoms with E-state index < -0.39 is 10.0 Å². The fourth-order valence-corrected chi connectivity index (χ4v) is 6.74. The van der Waals surface area contributed by atoms with Gasteiger partial charge in [0.15, 0.2) is 0 Å². The third-order valence-corrected chi connectivity index (χ3v) is 8.56. The molecule has 2 heterocycles. The molecule has 2 aliphatic heterocycles. The summed E-state index contributed by atoms with van der Waals surface area (Å²) in [6.45, 7) is 4.16. The minimum absolute atomic E-state index is 0.0123. The first kappa shape index (κ1) is 21.3. The Balaban J connectivity index is 1.50. The number of sulfonamides is 1. The standard InChI is InChI=1S/C22H31N3O4S/c1-15-12-18-13-20(9-10-21(18)25(15)16(2)26)30(28,29)24-11-5-6-17(14-24)22(27)23-19-7-3-4-8-19/h9-10,13,15,17,19H,3-8,11-12,14H2,1-2H3,(H,23,27)/t15-,17+/m1/s1. The molecular formula is C22H31N3O4S. The maximum absolute atomic E-state index is 13.3. The SMILES string of the molecule is CC(=O)N1c2ccc(S(=O)(=O)N3CCC[C@H](C(=O)NC4CCCC4)C3)cc2C[C@H]1C. The summed E-state index contributed by atoms with van der Waals surface area (Å²) in [6, 6.07) is 5.29. The van der Waals surface area contributed by atoms with Crippen LogP contribution in [0.1, 0.15) is 57.9 Å². The second-order valence-electron chi connectivity index (χ2n) is 8.92. The summed E-state index contributed by atoms with van der Waals surface area (Å²) in [5, 5.41) is 3.12. The molecule has 30 heavy (non-hydrogen) atoms. The van der Waals surface area contributed by atoms with Crippen LogP contribution in [0, 0.1) is 5.92 Å². The number of nitrogens with one attached hydrogen (secondary N) is 1. The minimum Gasteiger partial charge on any atom is -0.353 e. The first-order valence-electron chi connectivity index (χ1n) is 11.0. The van der Waals surface area contributed by atoms with Gasteiger partial charge in [0.05, 0.1) is 10.8 Å². The predicted octanol–water partition coefficient (Wildman–Crippen LogP) is 2.44. The summed E-state index contributed by atoms with van der Waals surface area (Å²) in [5.41, 5.74) is 1.67. The van der Waals surface area contributed by atoms with Crippen molar-refractivity contribution in [2.24, 2.45) is 5.92 Å². The van der Waals surface area contributed by atoms with Crippen LogP contribution in [0.25, 0.3) is 0 Å². The lowest BCUT2D eigenvalue weighted by Crippen LogP contribution is -2.47. The lowest BCUT2D eigenvalue weighted by molar-refractivity contribution is -0.126. The van der Waals surface area contributed by atoms with Gasteiger partial charge in [0.2, 0.25) is 21.8 Å². The van der Waals surface area contributed by atoms with E-state index in [-0.39, 0.29) is 41.3 Å². The van der Waals surface area contributed by atoms with E-state index in [2.05, 4.69) is 5.32 Å². The van der Waals surface area contributed by atoms with Gasteiger partial charge in [-0.05, 0) is 62.8 Å². The quantitative estimate of drug-likeness (QED) is 0.790. The molecule has 2 fully saturated rings. The molecule has 0 bridgehead atoms. The predicted molar refractivity (Wildman–Crippen MR) is 115 cm³/mol. The highest BCUT2D eigenvalue weighted by atomic mass is 32.2. The van der Waals surface area contributed by atoms with E-state index >= 15 is 0 Å². The number of amides is 2. The van der Waals surface area contributed by atoms with Crippen LogP contribution >= 0.6 is 0 Å². The van der Waals surface area contributed by atoms with E-state index in [1.807, 2.05) is 6.92 Å². The monoisotopic (exact) mass is 433 g/mol. The molecule has 4 rings (SSSR count). The van der Waals surface area contributed by atoms with Crippen LogP contribution in [0.15, 0.2) is 23.1 Å². The number of fused-ring (bicyclic) bond motifs is 1. The highest BCUT2D eigenvalue weighted by Crippen LogP contribution is 2.35. The molecule has 164 valence electrons. The van der Waals surface area contributed by atoms with Crippen molar-refractivity contribution in [3.8, 4) is 0 Å². The third kappa shape index (κ3) is 3.99. The van der Waals surface area contributed by atoms with Gasteiger partial charge in [-0.25, -0.2) is 8.42 Å². The lowest BCUT2D eigenvalue weighted by Gasteiger charge is -2.32. The minimum atomic E-state index is -3.68. The Hall–Kier alpha value is -1.93. The number of piperidine rings is 1. The van der Waals surface area contributed by atoms with Gasteiger partial charge in [-0.1, -0.05) is 12.8 Å². The van der Waals surface area contributed by atoms with Crippen LogP contribution in [0.3, 0.4) is 0 Å². The van der Waals surface area contributed by atoms with E-state index in [9.17, 15) is 18.0 Å². The molecule has 1 aromatic carbocycles. The van der Waals surface area contributed by atoms with E-state index in [1.165, 1.54) is 11.2 Å². The van der Waals surface area contributed by atoms with Crippen LogP contribution in [0.4, 0.5) is 5.69 Å². The summed E-state index contributed by atoms with van der Waals surface area (Å²) < 4.78 is 28.1. The highest BCUT2D eigenvalue weighted by molar-refractivity contribution is 7.89. The van der Waals surface area contributed by atoms with Crippen LogP contribution in [-0.4, -0.2) is 49.7 Å². The average molecular weight is 434 g/mol. The van der Waals surface area contributed by atoms with Gasteiger partial charge in [-0.15, -0.1) is 0 Å². The lowest BCUT2D eigenvalue weighted by atomic mass is 9.98. The molecule has 2 amide bonds. The van der Waals surface area contributed by atoms with Crippen molar-refractivity contribution in [3.05, 3.63) is 23.8 Å². The fourth-order valence-electron chi connectivity index (χ4n) is 5.16. The van der Waals surface area contributed by atoms with Crippen molar-refractivity contribution in [2.75, 3.05) is 18.0 Å². The summed E-state index contributed by atoms with van der Waals surface area (Å²) in [6.07, 6.45) is 6.38. The van der Waals surface area contributed by atoms with Crippen molar-refractivity contribution in [3.63, 3.8) is 0 Å². The maximum Gasteiger partial charge on any atom is 0.243 e. The molecule has 2 atom stereocenters. The largest absolute Gasteiger partial charge is 0.353 e. The zero-order valence-electron chi connectivity index (χ0n) is 17.8. The van der Waals surface area contributed by atoms with Gasteiger partial charge in [-0.3, -0.25) is 9.59 Å². The van der Waals surface area contributed by atoms with Gasteiger partial charge in [0.25, 0.3) is 0 Å². The Morgan fingerprint density at radius 2 is 1.83 bits per heavy atom. The van der Waals surface area contributed by atoms with Crippen molar-refractivity contribution in [2.45, 2.75) is 75.8 Å². The Bertz CT molecular complexity index is 940. The van der Waals surface area contributed by atoms with Crippen molar-refractivity contribution < 1.29 is 18.0 Å². The molecule has 0 spiro atoms. The van der Waals surface area contributed by atoms with Gasteiger partial charge < -0.3 is 10.2 Å². The van der Waals surface area contributed by atoms with Crippen molar-refractivity contribution in [1.29, 1.82) is 0 Å². The first-order chi connectivity index (χ1) is 14.3. The molecule has 1 aliphatic carbocycles. The van der Waals surface area contributed by atoms with Gasteiger partial charge in [0, 0.05) is 37.8 Å². The van der Waals surface area contributed by atoms with Crippen LogP contribution in [0.2, 0.25) is 0 Å². The van der Waals surface area contributed by atoms with Crippen molar-refractivity contribution in [1.82, 2.24) is 9.62 Å². The summed E-state index contributed by atoms with van der Waals surface area (Å²) in [4.78, 5) is 26.6. The number of rotatable bonds is 4. The summed E-state index contributed by atoms with van der Waals surface area (Å²) >= 11 is 0. The van der Waals surface area contributed by atoms with E-state index in [4.69, 9.17) is 0 Å². The number of anilines is 1. The Morgan fingerprint density at radius 1 is 1.10 bits per heavy atom. The highest BCUT2D eigenvalue weighted by Gasteiger charge is 2.36. The van der Waals surface area contributed by atoms with E-state index in [0.717, 1.165) is 43.4 Å². The molecular weight excluding hydrogens is 402 g/mol. The second-order valence-corrected chi connectivity index (χ2v) is 10.9. The Kier molecular flexibility index (Phi) is 5.90. The molecule has 0 radical (unpaired) electrons. The van der Waals surface area contributed by atoms with Gasteiger partial charge in [0.1, 0.15) is 0 Å². The number of carbonyl (C=O) groups is 2. The fraction of sp³-hybridized carbons (Fsp3) is 0.636. The Morgan fingerprint density at radius 3 is 2.53 bits per heavy atom. The van der Waals surface area contributed by atoms with Crippen molar-refractivity contribution >= 4 is 27.5 Å². The van der Waals surface area contributed by atoms with E-state index in [1.54, 1.807) is 23.1 Å². The molecule has 1 aromatic rings. The second kappa shape index (κ2) is 8.30. The van der Waals surface area contributed by atoms with E-state index in [0.29, 0.717) is 19.4 Å². The average Bonchev–Trinajstić information content (AvgIpc) is 3.33. The zero-order valence-corrected chi connectivity index (χ0v) is 18.6. The molecule has 0 unspecified atom stereocenters. The number of hydrogen-bond acceptors (Lipinski definition) is 4. The number of hydrogen-bond donors (Lipinski definition) is 1. The normalized spacial score (nSPS) is 25.3. The van der Waals surface area contributed by atoms with Gasteiger partial charge >= 0.3 is 0 Å². The molecule has 1 saturated carbocycles. The van der Waals surface area contributed by atoms with Crippen LogP contribution in [-0.2, 0) is 26.0 Å². The molecule has 3 aliphatic rings. The van der Waals surface area contributed by atoms with Gasteiger partial charge in [-0.2, -0.15) is 4.31 Å². The summed E-state index contributed by atoms with van der Waals surface area (Å²) in [7, 11) is -3.68. The molecule has 8 heteroatoms. The molecule has 7 nitrogen and oxygen atoms in total. The van der Waals surface area contributed by atoms with Crippen LogP contribution < -0.4 is 10.2 Å². The zero-order chi connectivity index (χ0) is 21.5. The number of benzene rings is 1. The maximum atomic E-state index is 13.3. The van der Waals surface area contributed by atoms with Crippen LogP contribution in [0.5, 0.6) is 0 Å². The Labute approximate surface area is 178 Å². The summed E-state index contributed by atoms with van der Waals surface area (Å²) in [5.74, 6) is -0.345.